The van der Waals surface area contributed by atoms with Gasteiger partial charge in [0.15, 0.2) is 0 Å². The maximum absolute atomic E-state index is 12.7. The second kappa shape index (κ2) is 7.37. The molecule has 2 aliphatic carbocycles. The lowest BCUT2D eigenvalue weighted by atomic mass is 9.96. The molecule has 1 unspecified atom stereocenters. The number of aromatic nitrogens is 2. The van der Waals surface area contributed by atoms with Gasteiger partial charge in [0, 0.05) is 23.6 Å². The number of fused-ring (bicyclic) bond motifs is 1. The van der Waals surface area contributed by atoms with Crippen LogP contribution in [-0.4, -0.2) is 27.4 Å². The van der Waals surface area contributed by atoms with E-state index in [1.807, 2.05) is 31.2 Å². The lowest BCUT2D eigenvalue weighted by Gasteiger charge is -2.22. The van der Waals surface area contributed by atoms with E-state index in [0.29, 0.717) is 6.04 Å². The molecule has 5 nitrogen and oxygen atoms in total. The van der Waals surface area contributed by atoms with Crippen LogP contribution in [0.4, 0.5) is 0 Å². The van der Waals surface area contributed by atoms with Crippen LogP contribution in [0.2, 0.25) is 0 Å². The number of carbonyl (C=O) groups is 1. The molecule has 0 radical (unpaired) electrons. The molecule has 1 atom stereocenters. The van der Waals surface area contributed by atoms with Crippen LogP contribution in [-0.2, 0) is 0 Å². The number of rotatable bonds is 4. The molecule has 0 spiro atoms. The van der Waals surface area contributed by atoms with Crippen molar-refractivity contribution in [1.29, 1.82) is 0 Å². The Morgan fingerprint density at radius 1 is 1.38 bits per heavy atom. The monoisotopic (exact) mass is 371 g/mol. The van der Waals surface area contributed by atoms with Crippen molar-refractivity contribution < 1.29 is 9.90 Å². The predicted molar refractivity (Wildman–Crippen MR) is 104 cm³/mol. The quantitative estimate of drug-likeness (QED) is 0.850. The van der Waals surface area contributed by atoms with Crippen LogP contribution >= 0.6 is 11.3 Å². The van der Waals surface area contributed by atoms with Gasteiger partial charge in [-0.05, 0) is 38.3 Å². The van der Waals surface area contributed by atoms with Gasteiger partial charge in [0.05, 0.1) is 16.6 Å². The highest BCUT2D eigenvalue weighted by molar-refractivity contribution is 7.20. The molecule has 0 aliphatic heterocycles. The van der Waals surface area contributed by atoms with Gasteiger partial charge >= 0.3 is 0 Å². The molecule has 0 bridgehead atoms. The Balaban J connectivity index is 1.55. The number of hydrogen-bond donors (Lipinski definition) is 2. The maximum Gasteiger partial charge on any atom is 0.265 e. The van der Waals surface area contributed by atoms with E-state index in [-0.39, 0.29) is 18.4 Å². The number of aliphatic hydroxyl groups excluding tert-OH is 1. The molecular formula is C20H25N3O2S. The number of thiophene rings is 1. The van der Waals surface area contributed by atoms with Crippen LogP contribution in [0.25, 0.3) is 10.2 Å². The average Bonchev–Trinajstić information content (AvgIpc) is 3.24. The molecule has 2 aromatic heterocycles. The lowest BCUT2D eigenvalue weighted by Crippen LogP contribution is -2.22. The number of aryl methyl sites for hydroxylation is 1. The summed E-state index contributed by atoms with van der Waals surface area (Å²) in [4.78, 5) is 14.5. The Bertz CT molecular complexity index is 871. The van der Waals surface area contributed by atoms with Gasteiger partial charge in [0.25, 0.3) is 5.91 Å². The molecule has 2 aromatic rings. The van der Waals surface area contributed by atoms with Gasteiger partial charge in [-0.1, -0.05) is 31.4 Å². The molecule has 1 amide bonds. The first-order valence-corrected chi connectivity index (χ1v) is 10.3. The molecule has 26 heavy (non-hydrogen) atoms. The Morgan fingerprint density at radius 3 is 2.88 bits per heavy atom. The minimum Gasteiger partial charge on any atom is -0.396 e. The molecule has 138 valence electrons. The van der Waals surface area contributed by atoms with Crippen LogP contribution < -0.4 is 5.32 Å². The van der Waals surface area contributed by atoms with E-state index in [4.69, 9.17) is 5.10 Å². The highest BCUT2D eigenvalue weighted by atomic mass is 32.1. The van der Waals surface area contributed by atoms with E-state index in [0.717, 1.165) is 32.9 Å². The minimum absolute atomic E-state index is 0.0702. The molecule has 4 rings (SSSR count). The fourth-order valence-electron chi connectivity index (χ4n) is 3.84. The number of nitrogens with zero attached hydrogens (tertiary/aromatic N) is 2. The van der Waals surface area contributed by atoms with Crippen molar-refractivity contribution in [2.45, 2.75) is 51.5 Å². The second-order valence-corrected chi connectivity index (χ2v) is 8.33. The number of hydrogen-bond acceptors (Lipinski definition) is 4. The third-order valence-corrected chi connectivity index (χ3v) is 6.52. The largest absolute Gasteiger partial charge is 0.396 e. The van der Waals surface area contributed by atoms with E-state index in [1.54, 1.807) is 0 Å². The van der Waals surface area contributed by atoms with E-state index in [2.05, 4.69) is 10.00 Å². The van der Waals surface area contributed by atoms with Crippen LogP contribution in [0.5, 0.6) is 0 Å². The van der Waals surface area contributed by atoms with Crippen molar-refractivity contribution in [1.82, 2.24) is 15.1 Å². The highest BCUT2D eigenvalue weighted by Gasteiger charge is 2.22. The van der Waals surface area contributed by atoms with Crippen molar-refractivity contribution in [2.24, 2.45) is 5.92 Å². The minimum atomic E-state index is -0.0702. The topological polar surface area (TPSA) is 67.2 Å². The molecule has 2 heterocycles. The Kier molecular flexibility index (Phi) is 4.96. The van der Waals surface area contributed by atoms with Crippen LogP contribution in [0.3, 0.4) is 0 Å². The summed E-state index contributed by atoms with van der Waals surface area (Å²) in [6.07, 6.45) is 12.8. The summed E-state index contributed by atoms with van der Waals surface area (Å²) in [5.74, 6) is 0.0863. The SMILES string of the molecule is Cc1nn(C2CCCCC2)c2sc(C(=O)NC3=CCC(CO)C=C3)cc12. The number of amides is 1. The van der Waals surface area contributed by atoms with Crippen molar-refractivity contribution in [2.75, 3.05) is 6.61 Å². The first-order valence-electron chi connectivity index (χ1n) is 9.45. The van der Waals surface area contributed by atoms with Crippen molar-refractivity contribution in [3.8, 4) is 0 Å². The van der Waals surface area contributed by atoms with E-state index in [1.165, 1.54) is 43.4 Å². The van der Waals surface area contributed by atoms with Crippen molar-refractivity contribution in [3.63, 3.8) is 0 Å². The molecule has 0 saturated heterocycles. The first kappa shape index (κ1) is 17.5. The molecule has 0 aromatic carbocycles. The van der Waals surface area contributed by atoms with E-state index >= 15 is 0 Å². The van der Waals surface area contributed by atoms with Crippen molar-refractivity contribution in [3.05, 3.63) is 40.6 Å². The molecule has 1 fully saturated rings. The standard InChI is InChI=1S/C20H25N3O2S/c1-13-17-11-18(19(25)21-15-9-7-14(12-24)8-10-15)26-20(17)23(22-13)16-5-3-2-4-6-16/h7,9-11,14,16,24H,2-6,8,12H2,1H3,(H,21,25). The highest BCUT2D eigenvalue weighted by Crippen LogP contribution is 2.35. The van der Waals surface area contributed by atoms with Gasteiger partial charge in [0.1, 0.15) is 4.83 Å². The smallest absolute Gasteiger partial charge is 0.265 e. The summed E-state index contributed by atoms with van der Waals surface area (Å²) < 4.78 is 2.16. The fourth-order valence-corrected chi connectivity index (χ4v) is 4.97. The molecular weight excluding hydrogens is 346 g/mol. The molecule has 6 heteroatoms. The zero-order chi connectivity index (χ0) is 18.1. The summed E-state index contributed by atoms with van der Waals surface area (Å²) in [6, 6.07) is 2.44. The fraction of sp³-hybridized carbons (Fsp3) is 0.500. The normalized spacial score (nSPS) is 21.2. The molecule has 1 saturated carbocycles. The molecule has 2 aliphatic rings. The van der Waals surface area contributed by atoms with E-state index in [9.17, 15) is 9.90 Å². The number of allylic oxidation sites excluding steroid dienone is 2. The Labute approximate surface area is 157 Å². The summed E-state index contributed by atoms with van der Waals surface area (Å²) in [5.41, 5.74) is 1.81. The zero-order valence-electron chi connectivity index (χ0n) is 15.1. The van der Waals surface area contributed by atoms with Gasteiger partial charge in [0.2, 0.25) is 0 Å². The second-order valence-electron chi connectivity index (χ2n) is 7.30. The number of carbonyl (C=O) groups excluding carboxylic acids is 1. The van der Waals surface area contributed by atoms with Gasteiger partial charge in [-0.3, -0.25) is 9.48 Å². The lowest BCUT2D eigenvalue weighted by molar-refractivity contribution is 0.0971. The van der Waals surface area contributed by atoms with Crippen LogP contribution in [0, 0.1) is 12.8 Å². The summed E-state index contributed by atoms with van der Waals surface area (Å²) >= 11 is 1.54. The Hall–Kier alpha value is -1.92. The molecule has 2 N–H and O–H groups in total. The first-order chi connectivity index (χ1) is 12.7. The number of aliphatic hydroxyl groups is 1. The van der Waals surface area contributed by atoms with Gasteiger partial charge < -0.3 is 10.4 Å². The van der Waals surface area contributed by atoms with Gasteiger partial charge in [-0.25, -0.2) is 0 Å². The average molecular weight is 372 g/mol. The van der Waals surface area contributed by atoms with Crippen LogP contribution in [0.15, 0.2) is 30.0 Å². The summed E-state index contributed by atoms with van der Waals surface area (Å²) in [7, 11) is 0. The van der Waals surface area contributed by atoms with Gasteiger partial charge in [-0.2, -0.15) is 5.10 Å². The number of nitrogens with one attached hydrogen (secondary N) is 1. The van der Waals surface area contributed by atoms with Crippen LogP contribution in [0.1, 0.15) is 59.9 Å². The third kappa shape index (κ3) is 3.35. The maximum atomic E-state index is 12.7. The third-order valence-electron chi connectivity index (χ3n) is 5.39. The zero-order valence-corrected chi connectivity index (χ0v) is 15.9. The van der Waals surface area contributed by atoms with Crippen molar-refractivity contribution >= 4 is 27.5 Å². The van der Waals surface area contributed by atoms with E-state index < -0.39 is 0 Å². The van der Waals surface area contributed by atoms with Gasteiger partial charge in [-0.15, -0.1) is 11.3 Å². The Morgan fingerprint density at radius 2 is 2.19 bits per heavy atom. The summed E-state index contributed by atoms with van der Waals surface area (Å²) in [5, 5.41) is 18.0. The summed E-state index contributed by atoms with van der Waals surface area (Å²) in [6.45, 7) is 2.17. The predicted octanol–water partition coefficient (Wildman–Crippen LogP) is 4.09.